The van der Waals surface area contributed by atoms with Crippen LogP contribution in [0.2, 0.25) is 0 Å². The van der Waals surface area contributed by atoms with Gasteiger partial charge in [-0.25, -0.2) is 13.4 Å². The van der Waals surface area contributed by atoms with Crippen LogP contribution in [0.15, 0.2) is 54.2 Å². The fourth-order valence-electron chi connectivity index (χ4n) is 3.11. The second-order valence-corrected chi connectivity index (χ2v) is 10.0. The van der Waals surface area contributed by atoms with Crippen LogP contribution >= 0.6 is 11.3 Å². The second-order valence-electron chi connectivity index (χ2n) is 7.19. The number of thiazole rings is 1. The number of aromatic nitrogens is 2. The molecule has 0 radical (unpaired) electrons. The summed E-state index contributed by atoms with van der Waals surface area (Å²) in [6.45, 7) is 1.91. The molecule has 1 atom stereocenters. The van der Waals surface area contributed by atoms with Crippen molar-refractivity contribution in [2.45, 2.75) is 37.4 Å². The van der Waals surface area contributed by atoms with Crippen molar-refractivity contribution in [3.8, 4) is 11.1 Å². The lowest BCUT2D eigenvalue weighted by Crippen LogP contribution is -2.21. The number of nitrogens with one attached hydrogen (secondary N) is 2. The minimum atomic E-state index is -3.36. The van der Waals surface area contributed by atoms with E-state index in [1.165, 1.54) is 11.3 Å². The van der Waals surface area contributed by atoms with Gasteiger partial charge in [-0.2, -0.15) is 0 Å². The third kappa shape index (κ3) is 4.68. The smallest absolute Gasteiger partial charge is 0.237 e. The van der Waals surface area contributed by atoms with E-state index in [0.717, 1.165) is 11.1 Å². The molecule has 0 aliphatic heterocycles. The summed E-state index contributed by atoms with van der Waals surface area (Å²) in [4.78, 5) is 21.3. The number of carbonyl (C=O) groups is 1. The monoisotopic (exact) mass is 442 g/mol. The molecule has 0 unspecified atom stereocenters. The van der Waals surface area contributed by atoms with Crippen LogP contribution in [-0.2, 0) is 14.8 Å². The first-order valence-electron chi connectivity index (χ1n) is 9.74. The van der Waals surface area contributed by atoms with E-state index in [4.69, 9.17) is 0 Å². The van der Waals surface area contributed by atoms with E-state index in [2.05, 4.69) is 20.0 Å². The highest BCUT2D eigenvalue weighted by atomic mass is 32.2. The maximum absolute atomic E-state index is 12.8. The third-order valence-corrected chi connectivity index (χ3v) is 7.68. The normalized spacial score (nSPS) is 14.8. The number of sulfonamides is 1. The van der Waals surface area contributed by atoms with Gasteiger partial charge in [0.1, 0.15) is 0 Å². The van der Waals surface area contributed by atoms with Crippen molar-refractivity contribution in [1.82, 2.24) is 9.97 Å². The van der Waals surface area contributed by atoms with Crippen molar-refractivity contribution in [2.75, 3.05) is 10.0 Å². The third-order valence-electron chi connectivity index (χ3n) is 4.94. The Bertz CT molecular complexity index is 1120. The van der Waals surface area contributed by atoms with E-state index >= 15 is 0 Å². The Balaban J connectivity index is 1.43. The summed E-state index contributed by atoms with van der Waals surface area (Å²) in [5, 5.41) is 4.66. The Morgan fingerprint density at radius 3 is 2.60 bits per heavy atom. The van der Waals surface area contributed by atoms with Crippen LogP contribution in [-0.4, -0.2) is 29.5 Å². The Labute approximate surface area is 179 Å². The highest BCUT2D eigenvalue weighted by Crippen LogP contribution is 2.32. The van der Waals surface area contributed by atoms with Gasteiger partial charge in [-0.1, -0.05) is 25.1 Å². The number of carbonyl (C=O) groups excluding carboxylic acids is 1. The van der Waals surface area contributed by atoms with Crippen molar-refractivity contribution in [2.24, 2.45) is 0 Å². The van der Waals surface area contributed by atoms with Crippen LogP contribution in [0.3, 0.4) is 0 Å². The molecule has 2 aromatic heterocycles. The van der Waals surface area contributed by atoms with Crippen LogP contribution < -0.4 is 10.0 Å². The van der Waals surface area contributed by atoms with E-state index in [1.807, 2.05) is 43.3 Å². The molecular formula is C21H22N4O3S2. The molecule has 156 valence electrons. The van der Waals surface area contributed by atoms with Gasteiger partial charge >= 0.3 is 0 Å². The van der Waals surface area contributed by atoms with Gasteiger partial charge in [0.2, 0.25) is 15.9 Å². The number of hydrogen-bond donors (Lipinski definition) is 2. The fraction of sp³-hybridized carbons (Fsp3) is 0.286. The van der Waals surface area contributed by atoms with E-state index in [-0.39, 0.29) is 11.2 Å². The first-order chi connectivity index (χ1) is 14.5. The zero-order valence-electron chi connectivity index (χ0n) is 16.4. The van der Waals surface area contributed by atoms with Gasteiger partial charge in [-0.15, -0.1) is 11.3 Å². The predicted octanol–water partition coefficient (Wildman–Crippen LogP) is 4.24. The average Bonchev–Trinajstić information content (AvgIpc) is 3.52. The van der Waals surface area contributed by atoms with Crippen molar-refractivity contribution >= 4 is 38.1 Å². The van der Waals surface area contributed by atoms with Gasteiger partial charge in [0, 0.05) is 23.5 Å². The fourth-order valence-corrected chi connectivity index (χ4v) is 5.47. The summed E-state index contributed by atoms with van der Waals surface area (Å²) in [6.07, 6.45) is 5.44. The Morgan fingerprint density at radius 1 is 1.20 bits per heavy atom. The summed E-state index contributed by atoms with van der Waals surface area (Å²) >= 11 is 1.20. The molecule has 1 saturated carbocycles. The molecule has 1 amide bonds. The molecule has 0 saturated heterocycles. The average molecular weight is 443 g/mol. The number of amides is 1. The van der Waals surface area contributed by atoms with Crippen molar-refractivity contribution in [1.29, 1.82) is 0 Å². The molecule has 1 fully saturated rings. The van der Waals surface area contributed by atoms with Crippen LogP contribution in [0.25, 0.3) is 11.1 Å². The van der Waals surface area contributed by atoms with Gasteiger partial charge in [-0.3, -0.25) is 14.5 Å². The molecule has 1 aliphatic carbocycles. The molecule has 3 aromatic rings. The summed E-state index contributed by atoms with van der Waals surface area (Å²) in [5.41, 5.74) is 3.28. The molecule has 7 nitrogen and oxygen atoms in total. The van der Waals surface area contributed by atoms with Crippen molar-refractivity contribution in [3.63, 3.8) is 0 Å². The van der Waals surface area contributed by atoms with E-state index in [1.54, 1.807) is 17.8 Å². The molecule has 1 aliphatic rings. The number of benzene rings is 1. The Morgan fingerprint density at radius 2 is 1.97 bits per heavy atom. The zero-order chi connectivity index (χ0) is 21.1. The maximum atomic E-state index is 12.8. The Hall–Kier alpha value is -2.78. The topological polar surface area (TPSA) is 101 Å². The first kappa shape index (κ1) is 20.5. The summed E-state index contributed by atoms with van der Waals surface area (Å²) in [6, 6.07) is 11.4. The molecule has 4 rings (SSSR count). The highest BCUT2D eigenvalue weighted by molar-refractivity contribution is 7.93. The molecule has 9 heteroatoms. The second kappa shape index (κ2) is 8.53. The van der Waals surface area contributed by atoms with E-state index < -0.39 is 15.9 Å². The summed E-state index contributed by atoms with van der Waals surface area (Å²) < 4.78 is 26.7. The number of anilines is 2. The lowest BCUT2D eigenvalue weighted by Gasteiger charge is -2.13. The molecule has 2 heterocycles. The lowest BCUT2D eigenvalue weighted by molar-refractivity contribution is -0.117. The standard InChI is InChI=1S/C21H22N4O3S2/c1-2-18(19-13-29-21(24-19)25-30(27,28)17-9-10-17)20(26)23-16-7-5-14(6-8-16)15-4-3-11-22-12-15/h3-8,11-13,17-18H,2,9-10H2,1H3,(H,23,26)(H,24,25)/t18-/m0/s1. The maximum Gasteiger partial charge on any atom is 0.237 e. The molecule has 1 aromatic carbocycles. The quantitative estimate of drug-likeness (QED) is 0.543. The molecular weight excluding hydrogens is 420 g/mol. The SMILES string of the molecule is CC[C@H](C(=O)Nc1ccc(-c2cccnc2)cc1)c1csc(NS(=O)(=O)C2CC2)n1. The first-order valence-corrected chi connectivity index (χ1v) is 12.2. The minimum Gasteiger partial charge on any atom is -0.326 e. The molecule has 0 spiro atoms. The lowest BCUT2D eigenvalue weighted by atomic mass is 10.0. The van der Waals surface area contributed by atoms with Crippen LogP contribution in [0.4, 0.5) is 10.8 Å². The zero-order valence-corrected chi connectivity index (χ0v) is 18.0. The highest BCUT2D eigenvalue weighted by Gasteiger charge is 2.36. The number of hydrogen-bond acceptors (Lipinski definition) is 6. The summed E-state index contributed by atoms with van der Waals surface area (Å²) in [5.74, 6) is -0.632. The van der Waals surface area contributed by atoms with Crippen LogP contribution in [0.5, 0.6) is 0 Å². The van der Waals surface area contributed by atoms with Crippen LogP contribution in [0, 0.1) is 0 Å². The molecule has 30 heavy (non-hydrogen) atoms. The van der Waals surface area contributed by atoms with Crippen LogP contribution in [0.1, 0.15) is 37.8 Å². The minimum absolute atomic E-state index is 0.173. The van der Waals surface area contributed by atoms with Gasteiger partial charge in [0.15, 0.2) is 5.13 Å². The van der Waals surface area contributed by atoms with Gasteiger partial charge < -0.3 is 5.32 Å². The number of rotatable bonds is 8. The summed E-state index contributed by atoms with van der Waals surface area (Å²) in [7, 11) is -3.36. The number of pyridine rings is 1. The van der Waals surface area contributed by atoms with Crippen molar-refractivity contribution < 1.29 is 13.2 Å². The molecule has 2 N–H and O–H groups in total. The van der Waals surface area contributed by atoms with Crippen molar-refractivity contribution in [3.05, 3.63) is 59.9 Å². The van der Waals surface area contributed by atoms with E-state index in [0.29, 0.717) is 35.8 Å². The predicted molar refractivity (Wildman–Crippen MR) is 119 cm³/mol. The van der Waals surface area contributed by atoms with Gasteiger partial charge in [0.05, 0.1) is 16.9 Å². The van der Waals surface area contributed by atoms with Gasteiger partial charge in [0.25, 0.3) is 0 Å². The Kier molecular flexibility index (Phi) is 5.83. The number of nitrogens with zero attached hydrogens (tertiary/aromatic N) is 2. The van der Waals surface area contributed by atoms with E-state index in [9.17, 15) is 13.2 Å². The van der Waals surface area contributed by atoms with Gasteiger partial charge in [-0.05, 0) is 48.6 Å². The largest absolute Gasteiger partial charge is 0.326 e. The molecule has 0 bridgehead atoms.